The number of imidazole rings is 1. The Bertz CT molecular complexity index is 1140. The van der Waals surface area contributed by atoms with Crippen LogP contribution in [0.1, 0.15) is 42.8 Å². The SMILES string of the molecule is Cc1ncc2c(n1)C1(CCCN(C(=O)CCn3c(=O)[nH]c4ccccc43)C1)CC2. The van der Waals surface area contributed by atoms with Crippen LogP contribution < -0.4 is 5.69 Å². The zero-order chi connectivity index (χ0) is 20.0. The molecule has 1 atom stereocenters. The van der Waals surface area contributed by atoms with Crippen LogP contribution in [-0.2, 0) is 23.2 Å². The molecule has 150 valence electrons. The van der Waals surface area contributed by atoms with E-state index in [1.165, 1.54) is 5.56 Å². The van der Waals surface area contributed by atoms with E-state index >= 15 is 0 Å². The Morgan fingerprint density at radius 3 is 3.03 bits per heavy atom. The molecule has 1 amide bonds. The highest BCUT2D eigenvalue weighted by Gasteiger charge is 2.44. The maximum absolute atomic E-state index is 13.0. The molecule has 1 aliphatic heterocycles. The number of aromatic amines is 1. The highest BCUT2D eigenvalue weighted by molar-refractivity contribution is 5.78. The molecule has 1 N–H and O–H groups in total. The predicted molar refractivity (Wildman–Crippen MR) is 110 cm³/mol. The lowest BCUT2D eigenvalue weighted by atomic mass is 9.77. The Morgan fingerprint density at radius 2 is 2.14 bits per heavy atom. The van der Waals surface area contributed by atoms with Gasteiger partial charge in [-0.25, -0.2) is 14.8 Å². The van der Waals surface area contributed by atoms with E-state index in [-0.39, 0.29) is 17.0 Å². The molecule has 0 bridgehead atoms. The van der Waals surface area contributed by atoms with Crippen molar-refractivity contribution in [2.24, 2.45) is 0 Å². The molecule has 1 aliphatic carbocycles. The molecule has 7 heteroatoms. The molecule has 1 aromatic carbocycles. The van der Waals surface area contributed by atoms with Crippen molar-refractivity contribution in [1.82, 2.24) is 24.4 Å². The topological polar surface area (TPSA) is 83.9 Å². The number of amides is 1. The van der Waals surface area contributed by atoms with Gasteiger partial charge < -0.3 is 9.88 Å². The number of carbonyl (C=O) groups is 1. The summed E-state index contributed by atoms with van der Waals surface area (Å²) in [6.45, 7) is 3.82. The van der Waals surface area contributed by atoms with Crippen molar-refractivity contribution in [2.75, 3.05) is 13.1 Å². The molecular weight excluding hydrogens is 366 g/mol. The Morgan fingerprint density at radius 1 is 1.28 bits per heavy atom. The summed E-state index contributed by atoms with van der Waals surface area (Å²) in [6.07, 6.45) is 6.36. The molecule has 3 heterocycles. The quantitative estimate of drug-likeness (QED) is 0.743. The molecule has 5 rings (SSSR count). The minimum atomic E-state index is -0.161. The van der Waals surface area contributed by atoms with Gasteiger partial charge in [-0.15, -0.1) is 0 Å². The number of likely N-dealkylation sites (tertiary alicyclic amines) is 1. The number of hydrogen-bond acceptors (Lipinski definition) is 4. The van der Waals surface area contributed by atoms with Crippen molar-refractivity contribution in [2.45, 2.75) is 51.0 Å². The van der Waals surface area contributed by atoms with Crippen LogP contribution in [0.4, 0.5) is 0 Å². The van der Waals surface area contributed by atoms with Crippen LogP contribution in [0, 0.1) is 6.92 Å². The summed E-state index contributed by atoms with van der Waals surface area (Å²) in [4.78, 5) is 39.2. The lowest BCUT2D eigenvalue weighted by Crippen LogP contribution is -2.48. The average Bonchev–Trinajstić information content (AvgIpc) is 3.23. The number of aromatic nitrogens is 4. The standard InChI is InChI=1S/C22H25N5O2/c1-15-23-13-16-7-10-22(20(16)24-15)9-4-11-26(14-22)19(28)8-12-27-18-6-3-2-5-17(18)25-21(27)29/h2-3,5-6,13H,4,7-12,14H2,1H3,(H,25,29). The summed E-state index contributed by atoms with van der Waals surface area (Å²) in [7, 11) is 0. The number of para-hydroxylation sites is 2. The zero-order valence-electron chi connectivity index (χ0n) is 16.6. The third-order valence-corrected chi connectivity index (χ3v) is 6.52. The monoisotopic (exact) mass is 391 g/mol. The summed E-state index contributed by atoms with van der Waals surface area (Å²) in [6, 6.07) is 7.59. The summed E-state index contributed by atoms with van der Waals surface area (Å²) in [5, 5.41) is 0. The maximum Gasteiger partial charge on any atom is 0.326 e. The number of rotatable bonds is 3. The van der Waals surface area contributed by atoms with Crippen LogP contribution in [0.15, 0.2) is 35.3 Å². The predicted octanol–water partition coefficient (Wildman–Crippen LogP) is 2.32. The van der Waals surface area contributed by atoms with Crippen molar-refractivity contribution in [3.63, 3.8) is 0 Å². The third kappa shape index (κ3) is 3.05. The van der Waals surface area contributed by atoms with Crippen molar-refractivity contribution in [1.29, 1.82) is 0 Å². The molecule has 2 aromatic heterocycles. The molecule has 29 heavy (non-hydrogen) atoms. The minimum absolute atomic E-state index is 0.0332. The average molecular weight is 391 g/mol. The molecule has 1 saturated heterocycles. The summed E-state index contributed by atoms with van der Waals surface area (Å²) >= 11 is 0. The number of fused-ring (bicyclic) bond motifs is 3. The van der Waals surface area contributed by atoms with Crippen LogP contribution in [-0.4, -0.2) is 43.4 Å². The van der Waals surface area contributed by atoms with E-state index in [1.54, 1.807) is 4.57 Å². The highest BCUT2D eigenvalue weighted by atomic mass is 16.2. The first-order chi connectivity index (χ1) is 14.1. The van der Waals surface area contributed by atoms with Gasteiger partial charge in [-0.2, -0.15) is 0 Å². The van der Waals surface area contributed by atoms with Gasteiger partial charge in [-0.3, -0.25) is 9.36 Å². The summed E-state index contributed by atoms with van der Waals surface area (Å²) in [5.41, 5.74) is 3.84. The van der Waals surface area contributed by atoms with Crippen molar-refractivity contribution in [3.8, 4) is 0 Å². The van der Waals surface area contributed by atoms with E-state index < -0.39 is 0 Å². The van der Waals surface area contributed by atoms with E-state index in [0.717, 1.165) is 61.3 Å². The lowest BCUT2D eigenvalue weighted by Gasteiger charge is -2.40. The molecule has 1 unspecified atom stereocenters. The number of piperidine rings is 1. The maximum atomic E-state index is 13.0. The van der Waals surface area contributed by atoms with E-state index in [4.69, 9.17) is 4.98 Å². The van der Waals surface area contributed by atoms with Gasteiger partial charge in [0, 0.05) is 37.7 Å². The Balaban J connectivity index is 1.33. The molecule has 1 spiro atoms. The fourth-order valence-corrected chi connectivity index (χ4v) is 5.07. The van der Waals surface area contributed by atoms with Crippen molar-refractivity contribution < 1.29 is 4.79 Å². The third-order valence-electron chi connectivity index (χ3n) is 6.52. The zero-order valence-corrected chi connectivity index (χ0v) is 16.6. The van der Waals surface area contributed by atoms with Crippen molar-refractivity contribution in [3.05, 3.63) is 58.0 Å². The second-order valence-electron chi connectivity index (χ2n) is 8.34. The van der Waals surface area contributed by atoms with Gasteiger partial charge in [-0.1, -0.05) is 12.1 Å². The molecule has 0 radical (unpaired) electrons. The van der Waals surface area contributed by atoms with Crippen molar-refractivity contribution >= 4 is 16.9 Å². The van der Waals surface area contributed by atoms with E-state index in [1.807, 2.05) is 42.3 Å². The second kappa shape index (κ2) is 6.83. The Labute approximate surface area is 168 Å². The van der Waals surface area contributed by atoms with Gasteiger partial charge in [0.25, 0.3) is 0 Å². The fraction of sp³-hybridized carbons (Fsp3) is 0.455. The van der Waals surface area contributed by atoms with Crippen LogP contribution in [0.2, 0.25) is 0 Å². The van der Waals surface area contributed by atoms with Crippen LogP contribution in [0.25, 0.3) is 11.0 Å². The second-order valence-corrected chi connectivity index (χ2v) is 8.34. The van der Waals surface area contributed by atoms with E-state index in [2.05, 4.69) is 9.97 Å². The van der Waals surface area contributed by atoms with Crippen LogP contribution in [0.3, 0.4) is 0 Å². The first-order valence-electron chi connectivity index (χ1n) is 10.3. The Kier molecular flexibility index (Phi) is 4.26. The molecule has 0 saturated carbocycles. The van der Waals surface area contributed by atoms with Gasteiger partial charge >= 0.3 is 5.69 Å². The first-order valence-corrected chi connectivity index (χ1v) is 10.3. The molecule has 1 fully saturated rings. The van der Waals surface area contributed by atoms with E-state index in [9.17, 15) is 9.59 Å². The van der Waals surface area contributed by atoms with Gasteiger partial charge in [-0.05, 0) is 50.3 Å². The normalized spacial score (nSPS) is 21.1. The number of carbonyl (C=O) groups excluding carboxylic acids is 1. The molecule has 2 aliphatic rings. The first kappa shape index (κ1) is 18.1. The van der Waals surface area contributed by atoms with Crippen LogP contribution >= 0.6 is 0 Å². The number of aryl methyl sites for hydroxylation is 3. The lowest BCUT2D eigenvalue weighted by molar-refractivity contribution is -0.133. The number of benzene rings is 1. The highest BCUT2D eigenvalue weighted by Crippen LogP contribution is 2.43. The smallest absolute Gasteiger partial charge is 0.326 e. The molecule has 3 aromatic rings. The largest absolute Gasteiger partial charge is 0.342 e. The van der Waals surface area contributed by atoms with Crippen LogP contribution in [0.5, 0.6) is 0 Å². The Hall–Kier alpha value is -2.96. The van der Waals surface area contributed by atoms with Gasteiger partial charge in [0.2, 0.25) is 5.91 Å². The number of nitrogens with zero attached hydrogens (tertiary/aromatic N) is 4. The van der Waals surface area contributed by atoms with Gasteiger partial charge in [0.1, 0.15) is 5.82 Å². The fourth-order valence-electron chi connectivity index (χ4n) is 5.07. The van der Waals surface area contributed by atoms with Gasteiger partial charge in [0.05, 0.1) is 16.7 Å². The molecule has 7 nitrogen and oxygen atoms in total. The minimum Gasteiger partial charge on any atom is -0.342 e. The summed E-state index contributed by atoms with van der Waals surface area (Å²) in [5.74, 6) is 0.910. The van der Waals surface area contributed by atoms with Gasteiger partial charge in [0.15, 0.2) is 0 Å². The number of hydrogen-bond donors (Lipinski definition) is 1. The summed E-state index contributed by atoms with van der Waals surface area (Å²) < 4.78 is 1.66. The van der Waals surface area contributed by atoms with E-state index in [0.29, 0.717) is 13.0 Å². The molecular formula is C22H25N5O2. The number of H-pyrrole nitrogens is 1. The number of nitrogens with one attached hydrogen (secondary N) is 1.